The van der Waals surface area contributed by atoms with Gasteiger partial charge in [-0.05, 0) is 61.6 Å². The Labute approximate surface area is 204 Å². The molecule has 1 unspecified atom stereocenters. The molecule has 1 aliphatic heterocycles. The van der Waals surface area contributed by atoms with Crippen molar-refractivity contribution in [2.45, 2.75) is 32.3 Å². The van der Waals surface area contributed by atoms with E-state index in [2.05, 4.69) is 0 Å². The van der Waals surface area contributed by atoms with Crippen molar-refractivity contribution >= 4 is 17.3 Å². The van der Waals surface area contributed by atoms with Crippen LogP contribution in [-0.4, -0.2) is 45.1 Å². The van der Waals surface area contributed by atoms with E-state index in [0.29, 0.717) is 38.6 Å². The maximum atomic E-state index is 11.8. The minimum absolute atomic E-state index is 0.0380. The zero-order valence-corrected chi connectivity index (χ0v) is 20.2. The summed E-state index contributed by atoms with van der Waals surface area (Å²) < 4.78 is 28.1. The predicted molar refractivity (Wildman–Crippen MR) is 132 cm³/mol. The lowest BCUT2D eigenvalue weighted by Crippen LogP contribution is -2.33. The van der Waals surface area contributed by atoms with Crippen molar-refractivity contribution in [1.29, 1.82) is 0 Å². The fourth-order valence-corrected chi connectivity index (χ4v) is 4.26. The molecule has 0 N–H and O–H groups in total. The lowest BCUT2D eigenvalue weighted by atomic mass is 10.0. The van der Waals surface area contributed by atoms with Gasteiger partial charge in [-0.3, -0.25) is 0 Å². The normalized spacial score (nSPS) is 14.6. The SMILES string of the molecule is CCOC(=O)c1ccc(-c2ccc(OCCCCCOCC3COc4cscc4O3)cc2)cc1. The first-order valence-electron chi connectivity index (χ1n) is 11.7. The van der Waals surface area contributed by atoms with Gasteiger partial charge in [0.1, 0.15) is 12.4 Å². The molecule has 7 heteroatoms. The van der Waals surface area contributed by atoms with Crippen LogP contribution >= 0.6 is 11.3 Å². The van der Waals surface area contributed by atoms with E-state index in [-0.39, 0.29) is 12.1 Å². The van der Waals surface area contributed by atoms with Crippen LogP contribution in [-0.2, 0) is 9.47 Å². The molecule has 34 heavy (non-hydrogen) atoms. The summed E-state index contributed by atoms with van der Waals surface area (Å²) in [5.41, 5.74) is 2.67. The first kappa shape index (κ1) is 24.1. The standard InChI is InChI=1S/C27H30O6S/c1-2-30-27(28)22-8-6-20(7-9-22)21-10-12-23(13-11-21)31-15-5-3-4-14-29-16-24-17-32-25-18-34-19-26(25)33-24/h6-13,18-19,24H,2-5,14-17H2,1H3. The van der Waals surface area contributed by atoms with Crippen LogP contribution in [0.25, 0.3) is 11.1 Å². The monoisotopic (exact) mass is 482 g/mol. The summed E-state index contributed by atoms with van der Waals surface area (Å²) in [7, 11) is 0. The molecule has 1 aliphatic rings. The summed E-state index contributed by atoms with van der Waals surface area (Å²) in [5.74, 6) is 2.21. The quantitative estimate of drug-likeness (QED) is 0.233. The Bertz CT molecular complexity index is 1030. The Hall–Kier alpha value is -3.03. The number of carbonyl (C=O) groups is 1. The zero-order valence-electron chi connectivity index (χ0n) is 19.4. The molecule has 4 rings (SSSR count). The zero-order chi connectivity index (χ0) is 23.6. The van der Waals surface area contributed by atoms with Crippen molar-refractivity contribution < 1.29 is 28.5 Å². The van der Waals surface area contributed by atoms with Gasteiger partial charge in [-0.25, -0.2) is 4.79 Å². The smallest absolute Gasteiger partial charge is 0.338 e. The molecule has 180 valence electrons. The van der Waals surface area contributed by atoms with E-state index >= 15 is 0 Å². The molecule has 0 bridgehead atoms. The fraction of sp³-hybridized carbons (Fsp3) is 0.370. The van der Waals surface area contributed by atoms with Gasteiger partial charge >= 0.3 is 5.97 Å². The highest BCUT2D eigenvalue weighted by atomic mass is 32.1. The molecule has 1 aromatic heterocycles. The fourth-order valence-electron chi connectivity index (χ4n) is 3.59. The van der Waals surface area contributed by atoms with Crippen LogP contribution in [0, 0.1) is 0 Å². The average Bonchev–Trinajstić information content (AvgIpc) is 3.34. The van der Waals surface area contributed by atoms with Crippen molar-refractivity contribution in [2.75, 3.05) is 33.0 Å². The second-order valence-electron chi connectivity index (χ2n) is 7.96. The van der Waals surface area contributed by atoms with Gasteiger partial charge in [-0.1, -0.05) is 24.3 Å². The van der Waals surface area contributed by atoms with Gasteiger partial charge in [-0.15, -0.1) is 11.3 Å². The van der Waals surface area contributed by atoms with Gasteiger partial charge in [0.05, 0.1) is 25.4 Å². The number of unbranched alkanes of at least 4 members (excludes halogenated alkanes) is 2. The van der Waals surface area contributed by atoms with Crippen LogP contribution in [0.2, 0.25) is 0 Å². The molecule has 0 fully saturated rings. The number of thiophene rings is 1. The first-order valence-corrected chi connectivity index (χ1v) is 12.6. The second-order valence-corrected chi connectivity index (χ2v) is 8.70. The molecule has 3 aromatic rings. The minimum Gasteiger partial charge on any atom is -0.494 e. The third kappa shape index (κ3) is 6.74. The maximum Gasteiger partial charge on any atom is 0.338 e. The highest BCUT2D eigenvalue weighted by Crippen LogP contribution is 2.35. The van der Waals surface area contributed by atoms with E-state index in [0.717, 1.165) is 47.6 Å². The number of benzene rings is 2. The van der Waals surface area contributed by atoms with Gasteiger partial charge in [0, 0.05) is 17.4 Å². The molecule has 0 spiro atoms. The van der Waals surface area contributed by atoms with Crippen molar-refractivity contribution in [3.8, 4) is 28.4 Å². The molecule has 0 amide bonds. The highest BCUT2D eigenvalue weighted by molar-refractivity contribution is 7.08. The molecule has 0 saturated heterocycles. The average molecular weight is 483 g/mol. The third-order valence-electron chi connectivity index (χ3n) is 5.40. The predicted octanol–water partition coefficient (Wildman–Crippen LogP) is 6.00. The topological polar surface area (TPSA) is 63.2 Å². The number of fused-ring (bicyclic) bond motifs is 1. The summed E-state index contributed by atoms with van der Waals surface area (Å²) in [6, 6.07) is 15.4. The van der Waals surface area contributed by atoms with Gasteiger partial charge in [0.2, 0.25) is 0 Å². The molecule has 0 aliphatic carbocycles. The molecule has 0 saturated carbocycles. The van der Waals surface area contributed by atoms with Crippen molar-refractivity contribution in [1.82, 2.24) is 0 Å². The number of esters is 1. The van der Waals surface area contributed by atoms with Crippen LogP contribution in [0.3, 0.4) is 0 Å². The van der Waals surface area contributed by atoms with Crippen molar-refractivity contribution in [3.63, 3.8) is 0 Å². The van der Waals surface area contributed by atoms with E-state index in [9.17, 15) is 4.79 Å². The van der Waals surface area contributed by atoms with Crippen LogP contribution < -0.4 is 14.2 Å². The molecule has 2 aromatic carbocycles. The van der Waals surface area contributed by atoms with E-state index in [1.165, 1.54) is 0 Å². The van der Waals surface area contributed by atoms with Crippen LogP contribution in [0.15, 0.2) is 59.3 Å². The lowest BCUT2D eigenvalue weighted by molar-refractivity contribution is 0.00831. The molecular formula is C27H30O6S. The third-order valence-corrected chi connectivity index (χ3v) is 6.10. The van der Waals surface area contributed by atoms with Crippen LogP contribution in [0.1, 0.15) is 36.5 Å². The second kappa shape index (κ2) is 12.4. The molecule has 2 heterocycles. The van der Waals surface area contributed by atoms with Crippen LogP contribution in [0.4, 0.5) is 0 Å². The van der Waals surface area contributed by atoms with Gasteiger partial charge in [0.15, 0.2) is 17.6 Å². The van der Waals surface area contributed by atoms with E-state index in [1.54, 1.807) is 30.4 Å². The Morgan fingerprint density at radius 2 is 1.65 bits per heavy atom. The summed E-state index contributed by atoms with van der Waals surface area (Å²) in [4.78, 5) is 11.8. The molecule has 1 atom stereocenters. The molecule has 0 radical (unpaired) electrons. The number of hydrogen-bond acceptors (Lipinski definition) is 7. The summed E-state index contributed by atoms with van der Waals surface area (Å²) in [5, 5.41) is 3.91. The maximum absolute atomic E-state index is 11.8. The Morgan fingerprint density at radius 3 is 2.41 bits per heavy atom. The Balaban J connectivity index is 1.08. The first-order chi connectivity index (χ1) is 16.7. The van der Waals surface area contributed by atoms with Crippen molar-refractivity contribution in [3.05, 3.63) is 64.9 Å². The largest absolute Gasteiger partial charge is 0.494 e. The van der Waals surface area contributed by atoms with Gasteiger partial charge in [0.25, 0.3) is 0 Å². The lowest BCUT2D eigenvalue weighted by Gasteiger charge is -2.24. The summed E-state index contributed by atoms with van der Waals surface area (Å²) in [6.45, 7) is 4.64. The van der Waals surface area contributed by atoms with E-state index < -0.39 is 0 Å². The molecule has 6 nitrogen and oxygen atoms in total. The number of hydrogen-bond donors (Lipinski definition) is 0. The van der Waals surface area contributed by atoms with Crippen molar-refractivity contribution in [2.24, 2.45) is 0 Å². The number of rotatable bonds is 12. The van der Waals surface area contributed by atoms with Gasteiger partial charge < -0.3 is 23.7 Å². The van der Waals surface area contributed by atoms with E-state index in [1.807, 2.05) is 47.2 Å². The summed E-state index contributed by atoms with van der Waals surface area (Å²) >= 11 is 1.58. The summed E-state index contributed by atoms with van der Waals surface area (Å²) in [6.07, 6.45) is 2.97. The highest BCUT2D eigenvalue weighted by Gasteiger charge is 2.21. The van der Waals surface area contributed by atoms with Crippen LogP contribution in [0.5, 0.6) is 17.2 Å². The Kier molecular flexibility index (Phi) is 8.82. The number of ether oxygens (including phenoxy) is 5. The minimum atomic E-state index is -0.297. The van der Waals surface area contributed by atoms with E-state index in [4.69, 9.17) is 23.7 Å². The number of carbonyl (C=O) groups excluding carboxylic acids is 1. The molecular weight excluding hydrogens is 452 g/mol. The van der Waals surface area contributed by atoms with Gasteiger partial charge in [-0.2, -0.15) is 0 Å². The Morgan fingerprint density at radius 1 is 0.941 bits per heavy atom.